The van der Waals surface area contributed by atoms with Crippen molar-refractivity contribution in [3.8, 4) is 5.75 Å². The maximum atomic E-state index is 12.1. The molecule has 2 amide bonds. The standard InChI is InChI=1S/C17H15ClN2O3/c1-10-17(22)20-14-8-11(6-7-15(14)23-10)9-16(21)19-13-5-3-2-4-12(13)18/h2-8,10H,9H2,1H3,(H,19,21)(H,20,22). The van der Waals surface area contributed by atoms with Crippen molar-refractivity contribution in [3.05, 3.63) is 53.1 Å². The van der Waals surface area contributed by atoms with Gasteiger partial charge in [0.15, 0.2) is 6.10 Å². The first kappa shape index (κ1) is 15.4. The van der Waals surface area contributed by atoms with Crippen molar-refractivity contribution in [2.75, 3.05) is 10.6 Å². The van der Waals surface area contributed by atoms with Gasteiger partial charge in [0.05, 0.1) is 22.8 Å². The topological polar surface area (TPSA) is 67.4 Å². The van der Waals surface area contributed by atoms with Gasteiger partial charge in [-0.15, -0.1) is 0 Å². The number of anilines is 2. The monoisotopic (exact) mass is 330 g/mol. The molecule has 1 atom stereocenters. The van der Waals surface area contributed by atoms with Gasteiger partial charge in [-0.25, -0.2) is 0 Å². The Morgan fingerprint density at radius 3 is 2.87 bits per heavy atom. The Morgan fingerprint density at radius 1 is 1.30 bits per heavy atom. The van der Waals surface area contributed by atoms with Gasteiger partial charge < -0.3 is 15.4 Å². The molecule has 2 aromatic carbocycles. The van der Waals surface area contributed by atoms with Crippen LogP contribution >= 0.6 is 11.6 Å². The number of ether oxygens (including phenoxy) is 1. The van der Waals surface area contributed by atoms with Crippen LogP contribution in [0, 0.1) is 0 Å². The minimum Gasteiger partial charge on any atom is -0.479 e. The van der Waals surface area contributed by atoms with Gasteiger partial charge in [0, 0.05) is 0 Å². The van der Waals surface area contributed by atoms with Crippen LogP contribution in [0.15, 0.2) is 42.5 Å². The first-order chi connectivity index (χ1) is 11.0. The maximum absolute atomic E-state index is 12.1. The molecule has 118 valence electrons. The summed E-state index contributed by atoms with van der Waals surface area (Å²) in [4.78, 5) is 23.8. The molecule has 0 aromatic heterocycles. The van der Waals surface area contributed by atoms with E-state index in [0.717, 1.165) is 5.56 Å². The molecule has 0 spiro atoms. The second kappa shape index (κ2) is 6.30. The van der Waals surface area contributed by atoms with Crippen molar-refractivity contribution < 1.29 is 14.3 Å². The van der Waals surface area contributed by atoms with Gasteiger partial charge in [0.1, 0.15) is 5.75 Å². The highest BCUT2D eigenvalue weighted by Crippen LogP contribution is 2.30. The van der Waals surface area contributed by atoms with Crippen LogP contribution in [0.25, 0.3) is 0 Å². The van der Waals surface area contributed by atoms with Gasteiger partial charge in [-0.1, -0.05) is 29.8 Å². The van der Waals surface area contributed by atoms with Gasteiger partial charge in [-0.2, -0.15) is 0 Å². The van der Waals surface area contributed by atoms with Crippen LogP contribution in [0.5, 0.6) is 5.75 Å². The second-order valence-electron chi connectivity index (χ2n) is 5.28. The summed E-state index contributed by atoms with van der Waals surface area (Å²) in [6, 6.07) is 12.3. The fourth-order valence-corrected chi connectivity index (χ4v) is 2.49. The van der Waals surface area contributed by atoms with Crippen LogP contribution in [-0.2, 0) is 16.0 Å². The van der Waals surface area contributed by atoms with Crippen LogP contribution in [0.1, 0.15) is 12.5 Å². The van der Waals surface area contributed by atoms with Crippen LogP contribution in [0.4, 0.5) is 11.4 Å². The molecule has 1 heterocycles. The second-order valence-corrected chi connectivity index (χ2v) is 5.69. The van der Waals surface area contributed by atoms with E-state index in [2.05, 4.69) is 10.6 Å². The highest BCUT2D eigenvalue weighted by molar-refractivity contribution is 6.33. The molecule has 1 unspecified atom stereocenters. The number of nitrogens with one attached hydrogen (secondary N) is 2. The number of carbonyl (C=O) groups is 2. The Bertz CT molecular complexity index is 776. The first-order valence-corrected chi connectivity index (χ1v) is 7.55. The van der Waals surface area contributed by atoms with E-state index in [1.807, 2.05) is 0 Å². The zero-order chi connectivity index (χ0) is 16.4. The molecule has 23 heavy (non-hydrogen) atoms. The molecule has 0 saturated heterocycles. The van der Waals surface area contributed by atoms with E-state index in [9.17, 15) is 9.59 Å². The number of rotatable bonds is 3. The zero-order valence-corrected chi connectivity index (χ0v) is 13.2. The number of hydrogen-bond acceptors (Lipinski definition) is 3. The van der Waals surface area contributed by atoms with Crippen molar-refractivity contribution in [2.45, 2.75) is 19.4 Å². The molecule has 1 aliphatic heterocycles. The van der Waals surface area contributed by atoms with E-state index in [-0.39, 0.29) is 18.2 Å². The summed E-state index contributed by atoms with van der Waals surface area (Å²) in [7, 11) is 0. The summed E-state index contributed by atoms with van der Waals surface area (Å²) in [5.74, 6) is 0.219. The summed E-state index contributed by atoms with van der Waals surface area (Å²) < 4.78 is 5.49. The van der Waals surface area contributed by atoms with E-state index < -0.39 is 6.10 Å². The van der Waals surface area contributed by atoms with Crippen molar-refractivity contribution in [1.82, 2.24) is 0 Å². The van der Waals surface area contributed by atoms with Gasteiger partial charge in [0.25, 0.3) is 5.91 Å². The Kier molecular flexibility index (Phi) is 4.21. The zero-order valence-electron chi connectivity index (χ0n) is 12.4. The van der Waals surface area contributed by atoms with E-state index in [0.29, 0.717) is 22.1 Å². The van der Waals surface area contributed by atoms with Crippen molar-refractivity contribution in [1.29, 1.82) is 0 Å². The average Bonchev–Trinajstić information content (AvgIpc) is 2.51. The number of fused-ring (bicyclic) bond motifs is 1. The molecule has 0 saturated carbocycles. The quantitative estimate of drug-likeness (QED) is 0.907. The Labute approximate surface area is 138 Å². The summed E-state index contributed by atoms with van der Waals surface area (Å²) in [6.07, 6.45) is -0.346. The van der Waals surface area contributed by atoms with Crippen LogP contribution in [0.2, 0.25) is 5.02 Å². The van der Waals surface area contributed by atoms with E-state index in [1.54, 1.807) is 49.4 Å². The number of carbonyl (C=O) groups excluding carboxylic acids is 2. The molecule has 0 aliphatic carbocycles. The minimum absolute atomic E-state index is 0.171. The Hall–Kier alpha value is -2.53. The molecule has 3 rings (SSSR count). The molecule has 0 radical (unpaired) electrons. The third-order valence-electron chi connectivity index (χ3n) is 3.49. The predicted molar refractivity (Wildman–Crippen MR) is 88.9 cm³/mol. The van der Waals surface area contributed by atoms with Gasteiger partial charge in [-0.05, 0) is 36.8 Å². The van der Waals surface area contributed by atoms with Crippen molar-refractivity contribution in [2.24, 2.45) is 0 Å². The Balaban J connectivity index is 1.71. The highest BCUT2D eigenvalue weighted by atomic mass is 35.5. The Morgan fingerprint density at radius 2 is 2.09 bits per heavy atom. The van der Waals surface area contributed by atoms with E-state index >= 15 is 0 Å². The number of hydrogen-bond donors (Lipinski definition) is 2. The molecule has 0 fully saturated rings. The minimum atomic E-state index is -0.517. The molecule has 1 aliphatic rings. The lowest BCUT2D eigenvalue weighted by Crippen LogP contribution is -2.34. The fraction of sp³-hybridized carbons (Fsp3) is 0.176. The van der Waals surface area contributed by atoms with Gasteiger partial charge in [0.2, 0.25) is 5.91 Å². The number of benzene rings is 2. The molecule has 2 N–H and O–H groups in total. The molecular weight excluding hydrogens is 316 g/mol. The van der Waals surface area contributed by atoms with Crippen LogP contribution < -0.4 is 15.4 Å². The predicted octanol–water partition coefficient (Wildman–Crippen LogP) is 3.24. The lowest BCUT2D eigenvalue weighted by atomic mass is 10.1. The SMILES string of the molecule is CC1Oc2ccc(CC(=O)Nc3ccccc3Cl)cc2NC1=O. The van der Waals surface area contributed by atoms with Gasteiger partial charge >= 0.3 is 0 Å². The van der Waals surface area contributed by atoms with Crippen molar-refractivity contribution in [3.63, 3.8) is 0 Å². The third-order valence-corrected chi connectivity index (χ3v) is 3.82. The summed E-state index contributed by atoms with van der Waals surface area (Å²) in [6.45, 7) is 1.68. The largest absolute Gasteiger partial charge is 0.479 e. The highest BCUT2D eigenvalue weighted by Gasteiger charge is 2.23. The summed E-state index contributed by atoms with van der Waals surface area (Å²) in [5, 5.41) is 6.02. The lowest BCUT2D eigenvalue weighted by Gasteiger charge is -2.23. The van der Waals surface area contributed by atoms with Gasteiger partial charge in [-0.3, -0.25) is 9.59 Å². The van der Waals surface area contributed by atoms with Crippen molar-refractivity contribution >= 4 is 34.8 Å². The van der Waals surface area contributed by atoms with Crippen LogP contribution in [0.3, 0.4) is 0 Å². The smallest absolute Gasteiger partial charge is 0.265 e. The fourth-order valence-electron chi connectivity index (χ4n) is 2.31. The van der Waals surface area contributed by atoms with E-state index in [1.165, 1.54) is 0 Å². The van der Waals surface area contributed by atoms with Crippen LogP contribution in [-0.4, -0.2) is 17.9 Å². The number of para-hydroxylation sites is 1. The summed E-state index contributed by atoms with van der Waals surface area (Å²) in [5.41, 5.74) is 1.92. The summed E-state index contributed by atoms with van der Waals surface area (Å²) >= 11 is 6.02. The normalized spacial score (nSPS) is 16.1. The molecule has 6 heteroatoms. The average molecular weight is 331 g/mol. The molecule has 0 bridgehead atoms. The molecule has 2 aromatic rings. The molecular formula is C17H15ClN2O3. The van der Waals surface area contributed by atoms with E-state index in [4.69, 9.17) is 16.3 Å². The maximum Gasteiger partial charge on any atom is 0.265 e. The lowest BCUT2D eigenvalue weighted by molar-refractivity contribution is -0.122. The third kappa shape index (κ3) is 3.46. The molecule has 5 nitrogen and oxygen atoms in total. The number of halogens is 1. The first-order valence-electron chi connectivity index (χ1n) is 7.18. The number of amides is 2.